The van der Waals surface area contributed by atoms with E-state index in [-0.39, 0.29) is 17.2 Å². The number of nitrogens with one attached hydrogen (secondary N) is 3. The average Bonchev–Trinajstić information content (AvgIpc) is 2.72. The topological polar surface area (TPSA) is 109 Å². The van der Waals surface area contributed by atoms with Crippen LogP contribution < -0.4 is 21.9 Å². The lowest BCUT2D eigenvalue weighted by Gasteiger charge is -2.23. The Morgan fingerprint density at radius 1 is 1.16 bits per heavy atom. The molecule has 2 aromatic heterocycles. The zero-order chi connectivity index (χ0) is 23.0. The fraction of sp³-hybridized carbons (Fsp3) is 0.409. The summed E-state index contributed by atoms with van der Waals surface area (Å²) in [5.74, 6) is 1.00. The fourth-order valence-corrected chi connectivity index (χ4v) is 4.14. The molecule has 1 atom stereocenters. The van der Waals surface area contributed by atoms with Crippen LogP contribution in [0.15, 0.2) is 29.1 Å². The van der Waals surface area contributed by atoms with Crippen molar-refractivity contribution in [2.24, 2.45) is 0 Å². The summed E-state index contributed by atoms with van der Waals surface area (Å²) in [6.45, 7) is 5.10. The predicted molar refractivity (Wildman–Crippen MR) is 118 cm³/mol. The van der Waals surface area contributed by atoms with E-state index in [2.05, 4.69) is 25.6 Å². The molecule has 1 aliphatic rings. The highest BCUT2D eigenvalue weighted by molar-refractivity contribution is 5.87. The second-order valence-electron chi connectivity index (χ2n) is 8.21. The maximum Gasteiger partial charge on any atom is 0.416 e. The minimum absolute atomic E-state index is 0.0322. The number of H-pyrrole nitrogens is 1. The molecular weight excluding hydrogens is 421 g/mol. The van der Waals surface area contributed by atoms with E-state index < -0.39 is 17.8 Å². The normalized spacial score (nSPS) is 16.3. The van der Waals surface area contributed by atoms with Crippen LogP contribution in [0.25, 0.3) is 11.0 Å². The van der Waals surface area contributed by atoms with Crippen molar-refractivity contribution in [1.82, 2.24) is 20.3 Å². The van der Waals surface area contributed by atoms with Gasteiger partial charge in [-0.1, -0.05) is 0 Å². The highest BCUT2D eigenvalue weighted by atomic mass is 19.4. The molecule has 5 N–H and O–H groups in total. The van der Waals surface area contributed by atoms with Gasteiger partial charge in [-0.25, -0.2) is 9.97 Å². The van der Waals surface area contributed by atoms with Crippen LogP contribution in [0.3, 0.4) is 0 Å². The molecule has 0 bridgehead atoms. The van der Waals surface area contributed by atoms with Crippen LogP contribution in [0.1, 0.15) is 54.2 Å². The molecular formula is C22H25F3N6O. The van der Waals surface area contributed by atoms with Gasteiger partial charge in [0.2, 0.25) is 0 Å². The number of fused-ring (bicyclic) bond motifs is 1. The molecule has 7 nitrogen and oxygen atoms in total. The molecule has 1 saturated heterocycles. The van der Waals surface area contributed by atoms with Gasteiger partial charge in [0.1, 0.15) is 17.3 Å². The average molecular weight is 446 g/mol. The standard InChI is InChI=1S/C22H25F3N6O/c1-11(14-7-15(22(23,24)25)9-16(26)8-14)28-19-18-10-17(13-3-5-27-6-4-13)21(32)31-20(18)30-12(2)29-19/h7-11,13,27H,3-6,26H2,1-2H3,(H2,28,29,30,31,32). The first kappa shape index (κ1) is 22.1. The quantitative estimate of drug-likeness (QED) is 0.453. The van der Waals surface area contributed by atoms with E-state index in [1.807, 2.05) is 0 Å². The molecule has 1 unspecified atom stereocenters. The molecule has 1 aliphatic heterocycles. The number of aromatic amines is 1. The number of anilines is 2. The van der Waals surface area contributed by atoms with Crippen molar-refractivity contribution >= 4 is 22.5 Å². The maximum atomic E-state index is 13.2. The number of aromatic nitrogens is 3. The maximum absolute atomic E-state index is 13.2. The number of halogens is 3. The number of aryl methyl sites for hydroxylation is 1. The summed E-state index contributed by atoms with van der Waals surface area (Å²) in [5.41, 5.74) is 6.22. The zero-order valence-corrected chi connectivity index (χ0v) is 17.8. The number of nitrogens with zero attached hydrogens (tertiary/aromatic N) is 2. The number of nitrogens with two attached hydrogens (primary N) is 1. The van der Waals surface area contributed by atoms with Crippen molar-refractivity contribution < 1.29 is 13.2 Å². The van der Waals surface area contributed by atoms with Crippen molar-refractivity contribution in [3.05, 3.63) is 57.1 Å². The van der Waals surface area contributed by atoms with Crippen LogP contribution in [-0.2, 0) is 6.18 Å². The highest BCUT2D eigenvalue weighted by Gasteiger charge is 2.31. The van der Waals surface area contributed by atoms with Gasteiger partial charge in [-0.05, 0) is 75.5 Å². The van der Waals surface area contributed by atoms with Crippen molar-refractivity contribution in [2.75, 3.05) is 24.1 Å². The van der Waals surface area contributed by atoms with Gasteiger partial charge in [0.05, 0.1) is 17.0 Å². The van der Waals surface area contributed by atoms with E-state index in [9.17, 15) is 18.0 Å². The molecule has 1 fully saturated rings. The smallest absolute Gasteiger partial charge is 0.399 e. The van der Waals surface area contributed by atoms with Crippen LogP contribution in [-0.4, -0.2) is 28.0 Å². The lowest BCUT2D eigenvalue weighted by Crippen LogP contribution is -2.29. The third-order valence-corrected chi connectivity index (χ3v) is 5.79. The molecule has 1 aromatic carbocycles. The van der Waals surface area contributed by atoms with Crippen molar-refractivity contribution in [3.63, 3.8) is 0 Å². The molecule has 10 heteroatoms. The third kappa shape index (κ3) is 4.55. The number of hydrogen-bond donors (Lipinski definition) is 4. The molecule has 0 radical (unpaired) electrons. The van der Waals surface area contributed by atoms with Gasteiger partial charge >= 0.3 is 6.18 Å². The van der Waals surface area contributed by atoms with Crippen LogP contribution in [0, 0.1) is 6.92 Å². The summed E-state index contributed by atoms with van der Waals surface area (Å²) < 4.78 is 39.7. The van der Waals surface area contributed by atoms with E-state index >= 15 is 0 Å². The second kappa shape index (κ2) is 8.42. The number of benzene rings is 1. The van der Waals surface area contributed by atoms with Gasteiger partial charge in [-0.15, -0.1) is 0 Å². The summed E-state index contributed by atoms with van der Waals surface area (Å²) in [6.07, 6.45) is -2.79. The molecule has 0 amide bonds. The van der Waals surface area contributed by atoms with Crippen LogP contribution >= 0.6 is 0 Å². The number of alkyl halides is 3. The van der Waals surface area contributed by atoms with Gasteiger partial charge in [-0.3, -0.25) is 4.79 Å². The van der Waals surface area contributed by atoms with Gasteiger partial charge in [0.15, 0.2) is 0 Å². The minimum Gasteiger partial charge on any atom is -0.399 e. The predicted octanol–water partition coefficient (Wildman–Crippen LogP) is 3.87. The number of rotatable bonds is 4. The molecule has 3 aromatic rings. The molecule has 170 valence electrons. The van der Waals surface area contributed by atoms with E-state index in [1.54, 1.807) is 19.9 Å². The number of hydrogen-bond acceptors (Lipinski definition) is 6. The van der Waals surface area contributed by atoms with Crippen molar-refractivity contribution in [2.45, 2.75) is 44.8 Å². The first-order chi connectivity index (χ1) is 15.1. The van der Waals surface area contributed by atoms with E-state index in [0.717, 1.165) is 38.1 Å². The largest absolute Gasteiger partial charge is 0.416 e. The Labute approximate surface area is 182 Å². The first-order valence-corrected chi connectivity index (χ1v) is 10.5. The van der Waals surface area contributed by atoms with Crippen molar-refractivity contribution in [1.29, 1.82) is 0 Å². The molecule has 0 aliphatic carbocycles. The van der Waals surface area contributed by atoms with Crippen LogP contribution in [0.5, 0.6) is 0 Å². The second-order valence-corrected chi connectivity index (χ2v) is 8.21. The molecule has 4 rings (SSSR count). The van der Waals surface area contributed by atoms with Gasteiger partial charge in [0.25, 0.3) is 5.56 Å². The van der Waals surface area contributed by atoms with E-state index in [4.69, 9.17) is 5.73 Å². The summed E-state index contributed by atoms with van der Waals surface area (Å²) in [7, 11) is 0. The highest BCUT2D eigenvalue weighted by Crippen LogP contribution is 2.34. The lowest BCUT2D eigenvalue weighted by molar-refractivity contribution is -0.137. The molecule has 0 spiro atoms. The summed E-state index contributed by atoms with van der Waals surface area (Å²) in [5, 5.41) is 7.09. The van der Waals surface area contributed by atoms with E-state index in [0.29, 0.717) is 33.8 Å². The Morgan fingerprint density at radius 2 is 1.88 bits per heavy atom. The van der Waals surface area contributed by atoms with Gasteiger partial charge in [0, 0.05) is 11.3 Å². The SMILES string of the molecule is Cc1nc(NC(C)c2cc(N)cc(C(F)(F)F)c2)c2cc(C3CCNCC3)c(=O)[nH]c2n1. The Morgan fingerprint density at radius 3 is 2.56 bits per heavy atom. The van der Waals surface area contributed by atoms with E-state index in [1.165, 1.54) is 6.07 Å². The van der Waals surface area contributed by atoms with Crippen LogP contribution in [0.2, 0.25) is 0 Å². The van der Waals surface area contributed by atoms with Crippen molar-refractivity contribution in [3.8, 4) is 0 Å². The summed E-state index contributed by atoms with van der Waals surface area (Å²) in [6, 6.07) is 4.78. The first-order valence-electron chi connectivity index (χ1n) is 10.5. The van der Waals surface area contributed by atoms with Crippen LogP contribution in [0.4, 0.5) is 24.7 Å². The summed E-state index contributed by atoms with van der Waals surface area (Å²) in [4.78, 5) is 24.3. The lowest BCUT2D eigenvalue weighted by atomic mass is 9.90. The minimum atomic E-state index is -4.49. The fourth-order valence-electron chi connectivity index (χ4n) is 4.14. The number of nitrogen functional groups attached to an aromatic ring is 1. The third-order valence-electron chi connectivity index (χ3n) is 5.79. The Hall–Kier alpha value is -3.14. The number of piperidine rings is 1. The summed E-state index contributed by atoms with van der Waals surface area (Å²) >= 11 is 0. The molecule has 0 saturated carbocycles. The van der Waals surface area contributed by atoms with Gasteiger partial charge < -0.3 is 21.4 Å². The Kier molecular flexibility index (Phi) is 5.81. The zero-order valence-electron chi connectivity index (χ0n) is 17.8. The monoisotopic (exact) mass is 446 g/mol. The number of pyridine rings is 1. The molecule has 3 heterocycles. The van der Waals surface area contributed by atoms with Gasteiger partial charge in [-0.2, -0.15) is 13.2 Å². The Bertz CT molecular complexity index is 1200. The Balaban J connectivity index is 1.74. The molecule has 32 heavy (non-hydrogen) atoms.